The molecule has 0 aliphatic carbocycles. The second-order valence-electron chi connectivity index (χ2n) is 11.8. The fraction of sp³-hybridized carbons (Fsp3) is 0.515. The Morgan fingerprint density at radius 2 is 1.76 bits per heavy atom. The smallest absolute Gasteiger partial charge is 0.242 e. The third-order valence-electron chi connectivity index (χ3n) is 7.24. The van der Waals surface area contributed by atoms with E-state index < -0.39 is 18.1 Å². The summed E-state index contributed by atoms with van der Waals surface area (Å²) in [5, 5.41) is 13.0. The van der Waals surface area contributed by atoms with Gasteiger partial charge in [0.25, 0.3) is 0 Å². The third-order valence-corrected chi connectivity index (χ3v) is 7.24. The number of para-hydroxylation sites is 1. The third kappa shape index (κ3) is 10.2. The van der Waals surface area contributed by atoms with E-state index in [-0.39, 0.29) is 35.5 Å². The minimum Gasteiger partial charge on any atom is -0.492 e. The van der Waals surface area contributed by atoms with Gasteiger partial charge in [0.2, 0.25) is 11.8 Å². The fourth-order valence-corrected chi connectivity index (χ4v) is 5.12. The molecule has 1 heterocycles. The molecule has 1 aliphatic heterocycles. The van der Waals surface area contributed by atoms with Crippen molar-refractivity contribution in [3.8, 4) is 5.75 Å². The summed E-state index contributed by atoms with van der Waals surface area (Å²) in [6.45, 7) is 15.3. The number of aryl methyl sites for hydroxylation is 1. The quantitative estimate of drug-likeness (QED) is 0.428. The van der Waals surface area contributed by atoms with Crippen molar-refractivity contribution in [2.24, 2.45) is 11.8 Å². The number of ether oxygens (including phenoxy) is 1. The summed E-state index contributed by atoms with van der Waals surface area (Å²) >= 11 is 0. The summed E-state index contributed by atoms with van der Waals surface area (Å²) in [5.74, 6) is 0.423. The van der Waals surface area contributed by atoms with E-state index in [1.54, 1.807) is 6.07 Å². The summed E-state index contributed by atoms with van der Waals surface area (Å²) < 4.78 is 20.2. The maximum Gasteiger partial charge on any atom is 0.242 e. The monoisotopic (exact) mass is 566 g/mol. The van der Waals surface area contributed by atoms with Gasteiger partial charge < -0.3 is 20.7 Å². The normalized spacial score (nSPS) is 23.5. The Morgan fingerprint density at radius 3 is 2.46 bits per heavy atom. The second kappa shape index (κ2) is 15.6. The van der Waals surface area contributed by atoms with Gasteiger partial charge in [-0.15, -0.1) is 0 Å². The van der Waals surface area contributed by atoms with Crippen LogP contribution in [0.1, 0.15) is 58.6 Å². The SMILES string of the molecule is C=C1N[C@@H](CC(C)C)C(=O)NCCCc2ccccc2OC[C@H](C)N[C@H](Cc2cccc(F)c2)C(=O)N[C@@H]1C(C)C. The van der Waals surface area contributed by atoms with Gasteiger partial charge in [0.1, 0.15) is 24.2 Å². The molecule has 8 heteroatoms. The van der Waals surface area contributed by atoms with Crippen molar-refractivity contribution in [3.05, 3.63) is 77.8 Å². The van der Waals surface area contributed by atoms with Crippen LogP contribution in [0.15, 0.2) is 60.8 Å². The first-order valence-corrected chi connectivity index (χ1v) is 14.8. The Labute approximate surface area is 244 Å². The Kier molecular flexibility index (Phi) is 12.2. The van der Waals surface area contributed by atoms with E-state index in [1.165, 1.54) is 12.1 Å². The summed E-state index contributed by atoms with van der Waals surface area (Å²) in [5.41, 5.74) is 2.36. The van der Waals surface area contributed by atoms with Crippen LogP contribution >= 0.6 is 0 Å². The predicted octanol–water partition coefficient (Wildman–Crippen LogP) is 4.52. The number of rotatable bonds is 5. The molecule has 0 unspecified atom stereocenters. The van der Waals surface area contributed by atoms with Crippen molar-refractivity contribution in [2.75, 3.05) is 13.2 Å². The van der Waals surface area contributed by atoms with E-state index >= 15 is 0 Å². The van der Waals surface area contributed by atoms with Crippen LogP contribution in [-0.4, -0.2) is 49.1 Å². The standard InChI is InChI=1S/C33H47FN4O3/c1-21(2)17-28-32(39)35-16-10-13-26-12-7-8-15-30(26)41-20-23(5)36-29(19-25-11-9-14-27(34)18-25)33(40)38-31(22(3)4)24(6)37-28/h7-9,11-12,14-15,18,21-23,28-29,31,36-37H,6,10,13,16-17,19-20H2,1-5H3,(H,35,39)(H,38,40)/t23-,28-,29+,31+/m0/s1. The van der Waals surface area contributed by atoms with Crippen molar-refractivity contribution >= 4 is 11.8 Å². The first-order chi connectivity index (χ1) is 19.5. The van der Waals surface area contributed by atoms with Crippen molar-refractivity contribution in [2.45, 2.75) is 84.5 Å². The molecule has 1 aliphatic rings. The second-order valence-corrected chi connectivity index (χ2v) is 11.8. The van der Waals surface area contributed by atoms with Crippen LogP contribution in [0.2, 0.25) is 0 Å². The van der Waals surface area contributed by atoms with Crippen molar-refractivity contribution < 1.29 is 18.7 Å². The molecule has 0 saturated heterocycles. The van der Waals surface area contributed by atoms with Gasteiger partial charge in [-0.05, 0) is 73.8 Å². The number of amides is 2. The van der Waals surface area contributed by atoms with Gasteiger partial charge in [-0.2, -0.15) is 0 Å². The minimum absolute atomic E-state index is 0.0133. The van der Waals surface area contributed by atoms with E-state index in [4.69, 9.17) is 4.74 Å². The number of halogens is 1. The largest absolute Gasteiger partial charge is 0.492 e. The summed E-state index contributed by atoms with van der Waals surface area (Å²) in [7, 11) is 0. The van der Waals surface area contributed by atoms with Crippen molar-refractivity contribution in [3.63, 3.8) is 0 Å². The zero-order chi connectivity index (χ0) is 29.9. The van der Waals surface area contributed by atoms with Gasteiger partial charge in [0.15, 0.2) is 0 Å². The molecule has 0 aromatic heterocycles. The first-order valence-electron chi connectivity index (χ1n) is 14.8. The van der Waals surface area contributed by atoms with Crippen LogP contribution in [0.3, 0.4) is 0 Å². The van der Waals surface area contributed by atoms with E-state index in [1.807, 2.05) is 51.1 Å². The van der Waals surface area contributed by atoms with Crippen molar-refractivity contribution in [1.29, 1.82) is 0 Å². The highest BCUT2D eigenvalue weighted by Crippen LogP contribution is 2.20. The molecule has 2 amide bonds. The average molecular weight is 567 g/mol. The Bertz CT molecular complexity index is 1170. The number of carbonyl (C=O) groups excluding carboxylic acids is 2. The van der Waals surface area contributed by atoms with Crippen LogP contribution in [0.25, 0.3) is 0 Å². The van der Waals surface area contributed by atoms with Gasteiger partial charge in [0, 0.05) is 18.3 Å². The molecular weight excluding hydrogens is 519 g/mol. The molecular formula is C33H47FN4O3. The van der Waals surface area contributed by atoms with Crippen LogP contribution < -0.4 is 26.0 Å². The maximum atomic E-state index is 14.0. The summed E-state index contributed by atoms with van der Waals surface area (Å²) in [6, 6.07) is 12.5. The molecule has 0 fully saturated rings. The van der Waals surface area contributed by atoms with Crippen LogP contribution in [0.5, 0.6) is 5.75 Å². The topological polar surface area (TPSA) is 91.5 Å². The molecule has 2 aromatic rings. The summed E-state index contributed by atoms with van der Waals surface area (Å²) in [4.78, 5) is 27.0. The van der Waals surface area contributed by atoms with Gasteiger partial charge in [-0.25, -0.2) is 4.39 Å². The number of hydrogen-bond acceptors (Lipinski definition) is 5. The van der Waals surface area contributed by atoms with Crippen LogP contribution in [0, 0.1) is 17.7 Å². The Morgan fingerprint density at radius 1 is 1.00 bits per heavy atom. The number of nitrogens with one attached hydrogen (secondary N) is 4. The fourth-order valence-electron chi connectivity index (χ4n) is 5.12. The number of hydrogen-bond donors (Lipinski definition) is 4. The molecule has 2 aromatic carbocycles. The molecule has 4 N–H and O–H groups in total. The highest BCUT2D eigenvalue weighted by atomic mass is 19.1. The Balaban J connectivity index is 1.91. The van der Waals surface area contributed by atoms with Gasteiger partial charge in [-0.3, -0.25) is 14.9 Å². The maximum absolute atomic E-state index is 14.0. The lowest BCUT2D eigenvalue weighted by molar-refractivity contribution is -0.124. The first kappa shape index (κ1) is 32.1. The molecule has 0 spiro atoms. The van der Waals surface area contributed by atoms with Gasteiger partial charge >= 0.3 is 0 Å². The Hall–Kier alpha value is -3.39. The molecule has 0 bridgehead atoms. The number of fused-ring (bicyclic) bond motifs is 1. The lowest BCUT2D eigenvalue weighted by atomic mass is 9.97. The highest BCUT2D eigenvalue weighted by molar-refractivity contribution is 5.83. The molecule has 7 nitrogen and oxygen atoms in total. The van der Waals surface area contributed by atoms with E-state index in [0.717, 1.165) is 24.2 Å². The lowest BCUT2D eigenvalue weighted by Gasteiger charge is -2.31. The van der Waals surface area contributed by atoms with Crippen molar-refractivity contribution in [1.82, 2.24) is 21.3 Å². The molecule has 3 rings (SSSR count). The van der Waals surface area contributed by atoms with Gasteiger partial charge in [0.05, 0.1) is 12.1 Å². The molecule has 0 radical (unpaired) electrons. The predicted molar refractivity (Wildman–Crippen MR) is 162 cm³/mol. The number of benzene rings is 2. The molecule has 224 valence electrons. The molecule has 4 atom stereocenters. The lowest BCUT2D eigenvalue weighted by Crippen LogP contribution is -2.55. The highest BCUT2D eigenvalue weighted by Gasteiger charge is 2.29. The van der Waals surface area contributed by atoms with Crippen LogP contribution in [-0.2, 0) is 22.4 Å². The van der Waals surface area contributed by atoms with E-state index in [0.29, 0.717) is 37.3 Å². The van der Waals surface area contributed by atoms with E-state index in [2.05, 4.69) is 41.7 Å². The molecule has 0 saturated carbocycles. The zero-order valence-corrected chi connectivity index (χ0v) is 25.1. The van der Waals surface area contributed by atoms with Crippen LogP contribution in [0.4, 0.5) is 4.39 Å². The van der Waals surface area contributed by atoms with Gasteiger partial charge in [-0.1, -0.05) is 64.6 Å². The molecule has 41 heavy (non-hydrogen) atoms. The summed E-state index contributed by atoms with van der Waals surface area (Å²) in [6.07, 6.45) is 2.46. The van der Waals surface area contributed by atoms with E-state index in [9.17, 15) is 14.0 Å². The average Bonchev–Trinajstić information content (AvgIpc) is 2.91. The minimum atomic E-state index is -0.645. The zero-order valence-electron chi connectivity index (χ0n) is 25.1. The number of carbonyl (C=O) groups is 2.